The van der Waals surface area contributed by atoms with E-state index < -0.39 is 0 Å². The zero-order valence-corrected chi connectivity index (χ0v) is 11.8. The monoisotopic (exact) mass is 262 g/mol. The first-order valence-electron chi connectivity index (χ1n) is 7.91. The van der Waals surface area contributed by atoms with Crippen LogP contribution in [0.3, 0.4) is 0 Å². The van der Waals surface area contributed by atoms with Gasteiger partial charge >= 0.3 is 0 Å². The molecule has 3 aliphatic rings. The van der Waals surface area contributed by atoms with Gasteiger partial charge in [0.25, 0.3) is 0 Å². The van der Waals surface area contributed by atoms with Crippen molar-refractivity contribution in [3.05, 3.63) is 12.7 Å². The summed E-state index contributed by atoms with van der Waals surface area (Å²) in [5.41, 5.74) is 0. The summed E-state index contributed by atoms with van der Waals surface area (Å²) in [6.45, 7) is 5.74. The molecule has 0 radical (unpaired) electrons. The Morgan fingerprint density at radius 3 is 2.37 bits per heavy atom. The molecule has 3 nitrogen and oxygen atoms in total. The highest BCUT2D eigenvalue weighted by molar-refractivity contribution is 5.76. The molecule has 3 aliphatic heterocycles. The van der Waals surface area contributed by atoms with Crippen molar-refractivity contribution in [2.75, 3.05) is 13.1 Å². The lowest BCUT2D eigenvalue weighted by atomic mass is 9.88. The molecule has 0 aliphatic carbocycles. The fourth-order valence-electron chi connectivity index (χ4n) is 4.10. The van der Waals surface area contributed by atoms with Crippen LogP contribution in [0.25, 0.3) is 0 Å². The number of carbonyl (C=O) groups excluding carboxylic acids is 1. The van der Waals surface area contributed by atoms with Crippen molar-refractivity contribution >= 4 is 5.91 Å². The second-order valence-corrected chi connectivity index (χ2v) is 6.63. The molecule has 0 aromatic rings. The van der Waals surface area contributed by atoms with Gasteiger partial charge in [0.1, 0.15) is 0 Å². The van der Waals surface area contributed by atoms with Crippen LogP contribution in [0.15, 0.2) is 12.7 Å². The Kier molecular flexibility index (Phi) is 3.92. The van der Waals surface area contributed by atoms with E-state index in [0.29, 0.717) is 29.8 Å². The maximum Gasteiger partial charge on any atom is 0.222 e. The number of nitrogens with one attached hydrogen (secondary N) is 1. The molecule has 1 N–H and O–H groups in total. The SMILES string of the molecule is C=CC1CCN(C(=O)CC2CC3CCC(C2)N3)CC1. The zero-order valence-electron chi connectivity index (χ0n) is 11.8. The second-order valence-electron chi connectivity index (χ2n) is 6.63. The number of allylic oxidation sites excluding steroid dienone is 1. The lowest BCUT2D eigenvalue weighted by molar-refractivity contribution is -0.133. The lowest BCUT2D eigenvalue weighted by Crippen LogP contribution is -2.42. The van der Waals surface area contributed by atoms with Gasteiger partial charge in [0.2, 0.25) is 5.91 Å². The molecule has 19 heavy (non-hydrogen) atoms. The first kappa shape index (κ1) is 13.2. The fourth-order valence-corrected chi connectivity index (χ4v) is 4.10. The number of amides is 1. The highest BCUT2D eigenvalue weighted by Crippen LogP contribution is 2.33. The van der Waals surface area contributed by atoms with Crippen LogP contribution in [0.1, 0.15) is 44.9 Å². The van der Waals surface area contributed by atoms with Gasteiger partial charge in [-0.25, -0.2) is 0 Å². The molecule has 3 heteroatoms. The molecule has 3 rings (SSSR count). The topological polar surface area (TPSA) is 32.3 Å². The normalized spacial score (nSPS) is 35.4. The lowest BCUT2D eigenvalue weighted by Gasteiger charge is -2.34. The molecule has 0 aromatic carbocycles. The molecule has 0 aromatic heterocycles. The largest absolute Gasteiger partial charge is 0.343 e. The minimum absolute atomic E-state index is 0.397. The van der Waals surface area contributed by atoms with Gasteiger partial charge < -0.3 is 10.2 Å². The number of hydrogen-bond donors (Lipinski definition) is 1. The number of piperidine rings is 2. The van der Waals surface area contributed by atoms with Crippen LogP contribution in [-0.2, 0) is 4.79 Å². The maximum atomic E-state index is 12.4. The average Bonchev–Trinajstić information content (AvgIpc) is 2.78. The molecule has 106 valence electrons. The Labute approximate surface area is 116 Å². The van der Waals surface area contributed by atoms with Gasteiger partial charge in [-0.3, -0.25) is 4.79 Å². The van der Waals surface area contributed by atoms with Crippen LogP contribution in [0.2, 0.25) is 0 Å². The Bertz CT molecular complexity index is 335. The quantitative estimate of drug-likeness (QED) is 0.792. The minimum Gasteiger partial charge on any atom is -0.343 e. The summed E-state index contributed by atoms with van der Waals surface area (Å²) in [4.78, 5) is 14.5. The first-order valence-corrected chi connectivity index (χ1v) is 7.91. The van der Waals surface area contributed by atoms with Crippen LogP contribution in [0.4, 0.5) is 0 Å². The molecule has 3 saturated heterocycles. The van der Waals surface area contributed by atoms with Gasteiger partial charge in [0.15, 0.2) is 0 Å². The molecule has 2 atom stereocenters. The van der Waals surface area contributed by atoms with Crippen molar-refractivity contribution in [1.29, 1.82) is 0 Å². The van der Waals surface area contributed by atoms with Gasteiger partial charge in [0, 0.05) is 31.6 Å². The third kappa shape index (κ3) is 3.02. The van der Waals surface area contributed by atoms with Crippen molar-refractivity contribution < 1.29 is 4.79 Å². The number of rotatable bonds is 3. The summed E-state index contributed by atoms with van der Waals surface area (Å²) in [6, 6.07) is 1.39. The molecule has 1 amide bonds. The smallest absolute Gasteiger partial charge is 0.222 e. The number of likely N-dealkylation sites (tertiary alicyclic amines) is 1. The molecule has 0 spiro atoms. The Morgan fingerprint density at radius 2 is 1.79 bits per heavy atom. The van der Waals surface area contributed by atoms with Gasteiger partial charge in [-0.2, -0.15) is 0 Å². The van der Waals surface area contributed by atoms with E-state index >= 15 is 0 Å². The highest BCUT2D eigenvalue weighted by Gasteiger charge is 2.35. The predicted molar refractivity (Wildman–Crippen MR) is 76.8 cm³/mol. The Morgan fingerprint density at radius 1 is 1.16 bits per heavy atom. The third-order valence-corrected chi connectivity index (χ3v) is 5.26. The average molecular weight is 262 g/mol. The summed E-state index contributed by atoms with van der Waals surface area (Å²) in [5.74, 6) is 1.65. The van der Waals surface area contributed by atoms with Crippen LogP contribution in [0.5, 0.6) is 0 Å². The van der Waals surface area contributed by atoms with Crippen molar-refractivity contribution in [1.82, 2.24) is 10.2 Å². The van der Waals surface area contributed by atoms with E-state index in [1.807, 2.05) is 6.08 Å². The van der Waals surface area contributed by atoms with E-state index in [2.05, 4.69) is 16.8 Å². The standard InChI is InChI=1S/C16H26N2O/c1-2-12-5-7-18(8-6-12)16(19)11-13-9-14-3-4-15(10-13)17-14/h2,12-15,17H,1,3-11H2. The van der Waals surface area contributed by atoms with E-state index in [-0.39, 0.29) is 0 Å². The number of nitrogens with zero attached hydrogens (tertiary/aromatic N) is 1. The molecule has 2 bridgehead atoms. The zero-order chi connectivity index (χ0) is 13.2. The maximum absolute atomic E-state index is 12.4. The van der Waals surface area contributed by atoms with Crippen LogP contribution in [0, 0.1) is 11.8 Å². The van der Waals surface area contributed by atoms with Crippen molar-refractivity contribution in [3.63, 3.8) is 0 Å². The van der Waals surface area contributed by atoms with E-state index in [1.54, 1.807) is 0 Å². The van der Waals surface area contributed by atoms with E-state index in [9.17, 15) is 4.79 Å². The van der Waals surface area contributed by atoms with E-state index in [1.165, 1.54) is 25.7 Å². The summed E-state index contributed by atoms with van der Waals surface area (Å²) in [6.07, 6.45) is 10.1. The fraction of sp³-hybridized carbons (Fsp3) is 0.812. The predicted octanol–water partition coefficient (Wildman–Crippen LogP) is 2.33. The number of hydrogen-bond acceptors (Lipinski definition) is 2. The summed E-state index contributed by atoms with van der Waals surface area (Å²) in [5, 5.41) is 3.65. The Balaban J connectivity index is 1.47. The van der Waals surface area contributed by atoms with Gasteiger partial charge in [-0.15, -0.1) is 6.58 Å². The van der Waals surface area contributed by atoms with E-state index in [0.717, 1.165) is 32.4 Å². The van der Waals surface area contributed by atoms with Gasteiger partial charge in [-0.1, -0.05) is 6.08 Å². The Hall–Kier alpha value is -0.830. The number of fused-ring (bicyclic) bond motifs is 2. The molecule has 3 heterocycles. The molecule has 0 saturated carbocycles. The van der Waals surface area contributed by atoms with Crippen molar-refractivity contribution in [3.8, 4) is 0 Å². The second kappa shape index (κ2) is 5.66. The first-order chi connectivity index (χ1) is 9.24. The van der Waals surface area contributed by atoms with Crippen molar-refractivity contribution in [2.45, 2.75) is 57.0 Å². The van der Waals surface area contributed by atoms with Crippen LogP contribution < -0.4 is 5.32 Å². The number of carbonyl (C=O) groups is 1. The minimum atomic E-state index is 0.397. The molecular weight excluding hydrogens is 236 g/mol. The van der Waals surface area contributed by atoms with Gasteiger partial charge in [0.05, 0.1) is 0 Å². The third-order valence-electron chi connectivity index (χ3n) is 5.26. The van der Waals surface area contributed by atoms with Crippen molar-refractivity contribution in [2.24, 2.45) is 11.8 Å². The molecule has 3 fully saturated rings. The summed E-state index contributed by atoms with van der Waals surface area (Å²) < 4.78 is 0. The van der Waals surface area contributed by atoms with Gasteiger partial charge in [-0.05, 0) is 50.4 Å². The molecule has 2 unspecified atom stereocenters. The summed E-state index contributed by atoms with van der Waals surface area (Å²) in [7, 11) is 0. The molecular formula is C16H26N2O. The van der Waals surface area contributed by atoms with E-state index in [4.69, 9.17) is 0 Å². The van der Waals surface area contributed by atoms with Crippen LogP contribution in [-0.4, -0.2) is 36.0 Å². The van der Waals surface area contributed by atoms with Crippen LogP contribution >= 0.6 is 0 Å². The summed E-state index contributed by atoms with van der Waals surface area (Å²) >= 11 is 0. The highest BCUT2D eigenvalue weighted by atomic mass is 16.2.